The molecular weight excluding hydrogens is 300 g/mol. The molecule has 0 unspecified atom stereocenters. The van der Waals surface area contributed by atoms with Gasteiger partial charge in [-0.1, -0.05) is 11.6 Å². The Labute approximate surface area is 124 Å². The lowest BCUT2D eigenvalue weighted by Crippen LogP contribution is -2.32. The molecule has 0 atom stereocenters. The lowest BCUT2D eigenvalue weighted by Gasteiger charge is -2.15. The molecule has 0 aromatic heterocycles. The van der Waals surface area contributed by atoms with Crippen molar-refractivity contribution in [1.82, 2.24) is 0 Å². The van der Waals surface area contributed by atoms with Crippen molar-refractivity contribution in [2.24, 2.45) is 0 Å². The standard InChI is InChI=1S/C13H11ClN2O5/c1-13(2,19)12(18)9(6-15)11(17)8-4-3-7(14)5-10(8)16(20)21/h3-5,17,19H,1-2H3/b11-9-. The molecule has 110 valence electrons. The van der Waals surface area contributed by atoms with Crippen molar-refractivity contribution in [3.63, 3.8) is 0 Å². The van der Waals surface area contributed by atoms with Crippen LogP contribution in [0, 0.1) is 21.4 Å². The van der Waals surface area contributed by atoms with Crippen LogP contribution >= 0.6 is 11.6 Å². The Hall–Kier alpha value is -2.43. The van der Waals surface area contributed by atoms with Crippen LogP contribution in [0.3, 0.4) is 0 Å². The molecular formula is C13H11ClN2O5. The van der Waals surface area contributed by atoms with Gasteiger partial charge in [-0.2, -0.15) is 5.26 Å². The van der Waals surface area contributed by atoms with Gasteiger partial charge in [-0.3, -0.25) is 14.9 Å². The number of ketones is 1. The van der Waals surface area contributed by atoms with Crippen LogP contribution in [0.15, 0.2) is 23.8 Å². The lowest BCUT2D eigenvalue weighted by molar-refractivity contribution is -0.385. The molecule has 0 spiro atoms. The fourth-order valence-electron chi connectivity index (χ4n) is 1.51. The summed E-state index contributed by atoms with van der Waals surface area (Å²) in [5, 5.41) is 39.6. The van der Waals surface area contributed by atoms with E-state index in [0.717, 1.165) is 26.0 Å². The molecule has 7 nitrogen and oxygen atoms in total. The zero-order valence-electron chi connectivity index (χ0n) is 11.1. The number of carbonyl (C=O) groups excluding carboxylic acids is 1. The summed E-state index contributed by atoms with van der Waals surface area (Å²) in [4.78, 5) is 22.0. The van der Waals surface area contributed by atoms with Gasteiger partial charge in [0.05, 0.1) is 10.5 Å². The van der Waals surface area contributed by atoms with E-state index in [0.29, 0.717) is 0 Å². The molecule has 8 heteroatoms. The third-order valence-corrected chi connectivity index (χ3v) is 2.78. The number of aliphatic hydroxyl groups excluding tert-OH is 1. The summed E-state index contributed by atoms with van der Waals surface area (Å²) < 4.78 is 0. The van der Waals surface area contributed by atoms with Crippen molar-refractivity contribution in [2.75, 3.05) is 0 Å². The number of halogens is 1. The zero-order chi connectivity index (χ0) is 16.4. The van der Waals surface area contributed by atoms with E-state index >= 15 is 0 Å². The smallest absolute Gasteiger partial charge is 0.281 e. The highest BCUT2D eigenvalue weighted by Gasteiger charge is 2.32. The zero-order valence-corrected chi connectivity index (χ0v) is 11.9. The van der Waals surface area contributed by atoms with Crippen molar-refractivity contribution >= 4 is 28.8 Å². The highest BCUT2D eigenvalue weighted by molar-refractivity contribution is 6.30. The maximum atomic E-state index is 11.9. The summed E-state index contributed by atoms with van der Waals surface area (Å²) in [6, 6.07) is 4.82. The summed E-state index contributed by atoms with van der Waals surface area (Å²) in [6.45, 7) is 2.27. The molecule has 1 aromatic carbocycles. The van der Waals surface area contributed by atoms with Gasteiger partial charge in [-0.05, 0) is 26.0 Å². The SMILES string of the molecule is CC(C)(O)C(=O)/C(C#N)=C(\O)c1ccc(Cl)cc1[N+](=O)[O-]. The minimum atomic E-state index is -1.90. The summed E-state index contributed by atoms with van der Waals surface area (Å²) in [6.07, 6.45) is 0. The van der Waals surface area contributed by atoms with Crippen molar-refractivity contribution in [1.29, 1.82) is 5.26 Å². The fraction of sp³-hybridized carbons (Fsp3) is 0.231. The Morgan fingerprint density at radius 1 is 1.48 bits per heavy atom. The van der Waals surface area contributed by atoms with E-state index in [2.05, 4.69) is 0 Å². The number of nitriles is 1. The van der Waals surface area contributed by atoms with Gasteiger partial charge < -0.3 is 10.2 Å². The van der Waals surface area contributed by atoms with Crippen molar-refractivity contribution in [3.05, 3.63) is 44.5 Å². The first-order chi connectivity index (χ1) is 9.59. The van der Waals surface area contributed by atoms with Crippen LogP contribution in [-0.4, -0.2) is 26.5 Å². The van der Waals surface area contributed by atoms with Gasteiger partial charge >= 0.3 is 0 Å². The van der Waals surface area contributed by atoms with E-state index in [4.69, 9.17) is 16.9 Å². The third-order valence-electron chi connectivity index (χ3n) is 2.54. The Kier molecular flexibility index (Phi) is 4.68. The van der Waals surface area contributed by atoms with Gasteiger partial charge in [0.25, 0.3) is 5.69 Å². The van der Waals surface area contributed by atoms with Gasteiger partial charge in [0.2, 0.25) is 5.78 Å². The number of rotatable bonds is 4. The maximum absolute atomic E-state index is 11.9. The monoisotopic (exact) mass is 310 g/mol. The van der Waals surface area contributed by atoms with Crippen LogP contribution in [0.4, 0.5) is 5.69 Å². The lowest BCUT2D eigenvalue weighted by atomic mass is 9.94. The van der Waals surface area contributed by atoms with E-state index in [9.17, 15) is 25.1 Å². The summed E-state index contributed by atoms with van der Waals surface area (Å²) >= 11 is 5.64. The third kappa shape index (κ3) is 3.56. The molecule has 0 aliphatic carbocycles. The first-order valence-corrected chi connectivity index (χ1v) is 6.02. The summed E-state index contributed by atoms with van der Waals surface area (Å²) in [7, 11) is 0. The quantitative estimate of drug-likeness (QED) is 0.289. The molecule has 2 N–H and O–H groups in total. The Morgan fingerprint density at radius 3 is 2.48 bits per heavy atom. The second-order valence-corrected chi connectivity index (χ2v) is 5.08. The van der Waals surface area contributed by atoms with Crippen molar-refractivity contribution in [3.8, 4) is 6.07 Å². The van der Waals surface area contributed by atoms with E-state index in [1.54, 1.807) is 0 Å². The first kappa shape index (κ1) is 16.6. The Morgan fingerprint density at radius 2 is 2.05 bits per heavy atom. The average molecular weight is 311 g/mol. The van der Waals surface area contributed by atoms with Crippen LogP contribution in [0.1, 0.15) is 19.4 Å². The minimum absolute atomic E-state index is 0.0607. The Balaban J connectivity index is 3.58. The molecule has 21 heavy (non-hydrogen) atoms. The van der Waals surface area contributed by atoms with Gasteiger partial charge in [-0.25, -0.2) is 0 Å². The van der Waals surface area contributed by atoms with Crippen LogP contribution < -0.4 is 0 Å². The van der Waals surface area contributed by atoms with Crippen molar-refractivity contribution < 1.29 is 19.9 Å². The minimum Gasteiger partial charge on any atom is -0.506 e. The highest BCUT2D eigenvalue weighted by Crippen LogP contribution is 2.30. The number of carbonyl (C=O) groups is 1. The van der Waals surface area contributed by atoms with Gasteiger partial charge in [-0.15, -0.1) is 0 Å². The summed E-state index contributed by atoms with van der Waals surface area (Å²) in [5.74, 6) is -1.93. The number of benzene rings is 1. The predicted octanol–water partition coefficient (Wildman–Crippen LogP) is 2.38. The van der Waals surface area contributed by atoms with Crippen LogP contribution in [0.2, 0.25) is 5.02 Å². The second-order valence-electron chi connectivity index (χ2n) is 4.64. The molecule has 0 aliphatic heterocycles. The van der Waals surface area contributed by atoms with Crippen LogP contribution in [-0.2, 0) is 4.79 Å². The predicted molar refractivity (Wildman–Crippen MR) is 74.6 cm³/mol. The van der Waals surface area contributed by atoms with Gasteiger partial charge in [0, 0.05) is 11.1 Å². The fourth-order valence-corrected chi connectivity index (χ4v) is 1.67. The van der Waals surface area contributed by atoms with E-state index in [1.807, 2.05) is 0 Å². The van der Waals surface area contributed by atoms with E-state index in [-0.39, 0.29) is 10.6 Å². The molecule has 0 radical (unpaired) electrons. The van der Waals surface area contributed by atoms with Gasteiger partial charge in [0.15, 0.2) is 5.76 Å². The number of nitrogens with zero attached hydrogens (tertiary/aromatic N) is 2. The molecule has 0 amide bonds. The number of aliphatic hydroxyl groups is 2. The number of Topliss-reactive ketones (excluding diaryl/α,β-unsaturated/α-hetero) is 1. The largest absolute Gasteiger partial charge is 0.506 e. The van der Waals surface area contributed by atoms with Crippen LogP contribution in [0.25, 0.3) is 5.76 Å². The summed E-state index contributed by atoms with van der Waals surface area (Å²) in [5.41, 5.74) is -3.57. The molecule has 0 bridgehead atoms. The molecule has 1 rings (SSSR count). The van der Waals surface area contributed by atoms with E-state index in [1.165, 1.54) is 12.1 Å². The Bertz CT molecular complexity index is 683. The van der Waals surface area contributed by atoms with Gasteiger partial charge in [0.1, 0.15) is 17.2 Å². The molecule has 0 heterocycles. The number of hydrogen-bond donors (Lipinski definition) is 2. The molecule has 0 aliphatic rings. The topological polar surface area (TPSA) is 124 Å². The van der Waals surface area contributed by atoms with Crippen molar-refractivity contribution in [2.45, 2.75) is 19.4 Å². The molecule has 1 aromatic rings. The number of hydrogen-bond acceptors (Lipinski definition) is 6. The maximum Gasteiger partial charge on any atom is 0.281 e. The molecule has 0 saturated carbocycles. The average Bonchev–Trinajstić information content (AvgIpc) is 2.37. The highest BCUT2D eigenvalue weighted by atomic mass is 35.5. The van der Waals surface area contributed by atoms with Crippen LogP contribution in [0.5, 0.6) is 0 Å². The molecule has 0 saturated heterocycles. The first-order valence-electron chi connectivity index (χ1n) is 5.64. The second kappa shape index (κ2) is 5.91. The van der Waals surface area contributed by atoms with E-state index < -0.39 is 33.3 Å². The normalized spacial score (nSPS) is 12.3. The number of nitro benzene ring substituents is 1. The molecule has 0 fully saturated rings. The number of nitro groups is 1.